The number of rotatable bonds is 5. The van der Waals surface area contributed by atoms with E-state index in [9.17, 15) is 0 Å². The highest BCUT2D eigenvalue weighted by atomic mass is 15.2. The fourth-order valence-electron chi connectivity index (χ4n) is 2.37. The first-order valence-corrected chi connectivity index (χ1v) is 6.70. The van der Waals surface area contributed by atoms with Crippen LogP contribution < -0.4 is 15.1 Å². The number of hydrogen-bond acceptors (Lipinski definition) is 5. The molecule has 0 spiro atoms. The van der Waals surface area contributed by atoms with Crippen molar-refractivity contribution in [3.8, 4) is 0 Å². The van der Waals surface area contributed by atoms with Crippen molar-refractivity contribution in [1.82, 2.24) is 15.3 Å². The van der Waals surface area contributed by atoms with Crippen molar-refractivity contribution in [2.24, 2.45) is 0 Å². The van der Waals surface area contributed by atoms with Gasteiger partial charge >= 0.3 is 0 Å². The van der Waals surface area contributed by atoms with Gasteiger partial charge in [-0.2, -0.15) is 0 Å². The van der Waals surface area contributed by atoms with E-state index in [1.165, 1.54) is 6.42 Å². The summed E-state index contributed by atoms with van der Waals surface area (Å²) in [5, 5.41) is 3.33. The second-order valence-electron chi connectivity index (χ2n) is 4.88. The molecule has 1 aliphatic rings. The molecule has 18 heavy (non-hydrogen) atoms. The molecule has 0 radical (unpaired) electrons. The van der Waals surface area contributed by atoms with Crippen LogP contribution in [-0.2, 0) is 0 Å². The van der Waals surface area contributed by atoms with Gasteiger partial charge in [0.1, 0.15) is 18.0 Å². The number of aromatic nitrogens is 2. The molecule has 5 nitrogen and oxygen atoms in total. The summed E-state index contributed by atoms with van der Waals surface area (Å²) in [7, 11) is 4.10. The maximum Gasteiger partial charge on any atom is 0.134 e. The monoisotopic (exact) mass is 249 g/mol. The third-order valence-electron chi connectivity index (χ3n) is 3.51. The molecule has 1 aliphatic heterocycles. The van der Waals surface area contributed by atoms with Gasteiger partial charge in [0.15, 0.2) is 0 Å². The average molecular weight is 249 g/mol. The first kappa shape index (κ1) is 13.1. The molecule has 1 aromatic heterocycles. The van der Waals surface area contributed by atoms with Gasteiger partial charge < -0.3 is 15.1 Å². The van der Waals surface area contributed by atoms with E-state index in [1.54, 1.807) is 6.33 Å². The zero-order chi connectivity index (χ0) is 13.0. The van der Waals surface area contributed by atoms with Crippen LogP contribution in [0, 0.1) is 0 Å². The van der Waals surface area contributed by atoms with Gasteiger partial charge in [-0.1, -0.05) is 6.92 Å². The molecular weight excluding hydrogens is 226 g/mol. The molecule has 1 unspecified atom stereocenters. The van der Waals surface area contributed by atoms with Crippen LogP contribution in [0.25, 0.3) is 0 Å². The number of anilines is 2. The Labute approximate surface area is 109 Å². The Morgan fingerprint density at radius 1 is 1.50 bits per heavy atom. The predicted molar refractivity (Wildman–Crippen MR) is 75.3 cm³/mol. The van der Waals surface area contributed by atoms with E-state index in [4.69, 9.17) is 0 Å². The lowest BCUT2D eigenvalue weighted by Crippen LogP contribution is -2.30. The van der Waals surface area contributed by atoms with Crippen molar-refractivity contribution in [2.45, 2.75) is 25.8 Å². The van der Waals surface area contributed by atoms with Crippen molar-refractivity contribution in [2.75, 3.05) is 43.5 Å². The quantitative estimate of drug-likeness (QED) is 0.847. The summed E-state index contributed by atoms with van der Waals surface area (Å²) in [6, 6.07) is 2.67. The Morgan fingerprint density at radius 3 is 3.00 bits per heavy atom. The Bertz CT molecular complexity index is 381. The third-order valence-corrected chi connectivity index (χ3v) is 3.51. The molecule has 2 heterocycles. The van der Waals surface area contributed by atoms with Crippen molar-refractivity contribution in [3.05, 3.63) is 12.4 Å². The van der Waals surface area contributed by atoms with Gasteiger partial charge in [-0.05, 0) is 19.9 Å². The Kier molecular flexibility index (Phi) is 4.36. The second-order valence-corrected chi connectivity index (χ2v) is 4.88. The zero-order valence-electron chi connectivity index (χ0n) is 11.6. The highest BCUT2D eigenvalue weighted by molar-refractivity contribution is 5.50. The maximum absolute atomic E-state index is 4.39. The lowest BCUT2D eigenvalue weighted by Gasteiger charge is -2.21. The van der Waals surface area contributed by atoms with Crippen LogP contribution in [0.3, 0.4) is 0 Å². The largest absolute Gasteiger partial charge is 0.360 e. The highest BCUT2D eigenvalue weighted by Gasteiger charge is 2.22. The van der Waals surface area contributed by atoms with Gasteiger partial charge in [0.2, 0.25) is 0 Å². The molecule has 0 saturated carbocycles. The maximum atomic E-state index is 4.39. The second kappa shape index (κ2) is 6.00. The summed E-state index contributed by atoms with van der Waals surface area (Å²) in [5.74, 6) is 2.05. The van der Waals surface area contributed by atoms with Crippen LogP contribution >= 0.6 is 0 Å². The minimum absolute atomic E-state index is 0.580. The van der Waals surface area contributed by atoms with E-state index >= 15 is 0 Å². The molecule has 1 aromatic rings. The summed E-state index contributed by atoms with van der Waals surface area (Å²) in [4.78, 5) is 13.2. The molecule has 0 bridgehead atoms. The van der Waals surface area contributed by atoms with E-state index < -0.39 is 0 Å². The van der Waals surface area contributed by atoms with E-state index in [0.717, 1.165) is 37.7 Å². The fraction of sp³-hybridized carbons (Fsp3) is 0.692. The van der Waals surface area contributed by atoms with E-state index in [-0.39, 0.29) is 0 Å². The highest BCUT2D eigenvalue weighted by Crippen LogP contribution is 2.21. The number of hydrogen-bond donors (Lipinski definition) is 1. The topological polar surface area (TPSA) is 44.3 Å². The molecular formula is C13H23N5. The Hall–Kier alpha value is -1.36. The van der Waals surface area contributed by atoms with Gasteiger partial charge in [-0.15, -0.1) is 0 Å². The molecule has 1 saturated heterocycles. The van der Waals surface area contributed by atoms with E-state index in [0.29, 0.717) is 6.04 Å². The van der Waals surface area contributed by atoms with Gasteiger partial charge in [0, 0.05) is 38.8 Å². The van der Waals surface area contributed by atoms with Crippen molar-refractivity contribution < 1.29 is 0 Å². The molecule has 0 aliphatic carbocycles. The fourth-order valence-corrected chi connectivity index (χ4v) is 2.37. The van der Waals surface area contributed by atoms with Crippen LogP contribution in [0.15, 0.2) is 12.4 Å². The summed E-state index contributed by atoms with van der Waals surface area (Å²) in [6.07, 6.45) is 3.98. The van der Waals surface area contributed by atoms with Gasteiger partial charge in [0.25, 0.3) is 0 Å². The third kappa shape index (κ3) is 2.90. The molecule has 0 amide bonds. The van der Waals surface area contributed by atoms with Gasteiger partial charge in [-0.3, -0.25) is 0 Å². The number of nitrogens with zero attached hydrogens (tertiary/aromatic N) is 4. The standard InChI is InChI=1S/C13H23N5/c1-4-6-17(3)12-8-13(16-10-15-12)18-7-5-11(9-18)14-2/h8,10-11,14H,4-7,9H2,1-3H3. The smallest absolute Gasteiger partial charge is 0.134 e. The van der Waals surface area contributed by atoms with Crippen LogP contribution in [-0.4, -0.2) is 49.7 Å². The summed E-state index contributed by atoms with van der Waals surface area (Å²) < 4.78 is 0. The zero-order valence-corrected chi connectivity index (χ0v) is 11.6. The average Bonchev–Trinajstić information content (AvgIpc) is 2.88. The lowest BCUT2D eigenvalue weighted by atomic mass is 10.3. The molecule has 5 heteroatoms. The Morgan fingerprint density at radius 2 is 2.33 bits per heavy atom. The van der Waals surface area contributed by atoms with Crippen molar-refractivity contribution in [3.63, 3.8) is 0 Å². The number of nitrogens with one attached hydrogen (secondary N) is 1. The predicted octanol–water partition coefficient (Wildman–Crippen LogP) is 1.12. The van der Waals surface area contributed by atoms with Crippen LogP contribution in [0.4, 0.5) is 11.6 Å². The first-order chi connectivity index (χ1) is 8.74. The molecule has 1 atom stereocenters. The molecule has 0 aromatic carbocycles. The normalized spacial score (nSPS) is 19.3. The van der Waals surface area contributed by atoms with E-state index in [1.807, 2.05) is 7.05 Å². The molecule has 100 valence electrons. The van der Waals surface area contributed by atoms with Crippen molar-refractivity contribution in [1.29, 1.82) is 0 Å². The molecule has 1 fully saturated rings. The summed E-state index contributed by atoms with van der Waals surface area (Å²) >= 11 is 0. The van der Waals surface area contributed by atoms with Gasteiger partial charge in [0.05, 0.1) is 0 Å². The van der Waals surface area contributed by atoms with Crippen LogP contribution in [0.5, 0.6) is 0 Å². The first-order valence-electron chi connectivity index (χ1n) is 6.70. The van der Waals surface area contributed by atoms with Gasteiger partial charge in [-0.25, -0.2) is 9.97 Å². The van der Waals surface area contributed by atoms with E-state index in [2.05, 4.69) is 45.1 Å². The summed E-state index contributed by atoms with van der Waals surface area (Å²) in [6.45, 7) is 5.30. The van der Waals surface area contributed by atoms with Crippen LogP contribution in [0.2, 0.25) is 0 Å². The molecule has 2 rings (SSSR count). The minimum Gasteiger partial charge on any atom is -0.360 e. The number of likely N-dealkylation sites (N-methyl/N-ethyl adjacent to an activating group) is 1. The Balaban J connectivity index is 2.08. The SMILES string of the molecule is CCCN(C)c1cc(N2CCC(NC)C2)ncn1. The van der Waals surface area contributed by atoms with Crippen LogP contribution in [0.1, 0.15) is 19.8 Å². The summed E-state index contributed by atoms with van der Waals surface area (Å²) in [5.41, 5.74) is 0. The van der Waals surface area contributed by atoms with Crippen molar-refractivity contribution >= 4 is 11.6 Å². The molecule has 1 N–H and O–H groups in total. The lowest BCUT2D eigenvalue weighted by molar-refractivity contribution is 0.616. The minimum atomic E-state index is 0.580.